The molecule has 39 heavy (non-hydrogen) atoms. The normalized spacial score (nSPS) is 15.1. The van der Waals surface area contributed by atoms with Crippen LogP contribution < -0.4 is 4.74 Å². The van der Waals surface area contributed by atoms with Crippen molar-refractivity contribution in [2.24, 2.45) is 0 Å². The lowest BCUT2D eigenvalue weighted by molar-refractivity contribution is 0.0979. The molecular formula is C36H54O3. The highest BCUT2D eigenvalue weighted by Gasteiger charge is 2.25. The summed E-state index contributed by atoms with van der Waals surface area (Å²) in [5.41, 5.74) is 6.11. The molecule has 216 valence electrons. The molecule has 0 heterocycles. The Balaban J connectivity index is 2.72. The van der Waals surface area contributed by atoms with E-state index in [1.807, 2.05) is 12.1 Å². The lowest BCUT2D eigenvalue weighted by Crippen LogP contribution is -2.13. The van der Waals surface area contributed by atoms with Crippen LogP contribution in [-0.2, 0) is 0 Å². The molecule has 0 radical (unpaired) electrons. The van der Waals surface area contributed by atoms with Crippen molar-refractivity contribution in [3.63, 3.8) is 0 Å². The fourth-order valence-corrected chi connectivity index (χ4v) is 6.23. The summed E-state index contributed by atoms with van der Waals surface area (Å²) in [6.45, 7) is 17.7. The van der Waals surface area contributed by atoms with Crippen molar-refractivity contribution in [1.82, 2.24) is 0 Å². The summed E-state index contributed by atoms with van der Waals surface area (Å²) in [7, 11) is 1.72. The van der Waals surface area contributed by atoms with E-state index in [2.05, 4.69) is 73.6 Å². The quantitative estimate of drug-likeness (QED) is 0.132. The molecule has 0 saturated heterocycles. The molecule has 0 saturated carbocycles. The third-order valence-electron chi connectivity index (χ3n) is 8.30. The first-order chi connectivity index (χ1) is 18.6. The second-order valence-electron chi connectivity index (χ2n) is 11.7. The van der Waals surface area contributed by atoms with Crippen LogP contribution in [0.5, 0.6) is 5.75 Å². The molecule has 2 aromatic rings. The monoisotopic (exact) mass is 534 g/mol. The number of hydrogen-bond acceptors (Lipinski definition) is 3. The highest BCUT2D eigenvalue weighted by Crippen LogP contribution is 2.39. The minimum absolute atomic E-state index is 0.201. The van der Waals surface area contributed by atoms with Crippen LogP contribution in [0.1, 0.15) is 169 Å². The molecular weight excluding hydrogens is 480 g/mol. The van der Waals surface area contributed by atoms with Crippen LogP contribution in [-0.4, -0.2) is 18.0 Å². The molecule has 0 aromatic heterocycles. The summed E-state index contributed by atoms with van der Waals surface area (Å²) in [5, 5.41) is 11.4. The predicted octanol–water partition coefficient (Wildman–Crippen LogP) is 11.1. The van der Waals surface area contributed by atoms with Crippen LogP contribution in [0.4, 0.5) is 0 Å². The number of aliphatic hydroxyl groups excluding tert-OH is 1. The van der Waals surface area contributed by atoms with Crippen molar-refractivity contribution in [1.29, 1.82) is 0 Å². The van der Waals surface area contributed by atoms with Gasteiger partial charge in [-0.15, -0.1) is 0 Å². The van der Waals surface area contributed by atoms with Crippen LogP contribution >= 0.6 is 0 Å². The fraction of sp³-hybridized carbons (Fsp3) is 0.583. The number of allylic oxidation sites excluding steroid dienone is 1. The molecule has 4 atom stereocenters. The first-order valence-electron chi connectivity index (χ1n) is 15.4. The molecule has 0 aliphatic rings. The molecule has 0 spiro atoms. The Hall–Kier alpha value is -2.55. The number of aliphatic hydroxyl groups is 1. The van der Waals surface area contributed by atoms with Gasteiger partial charge in [0, 0.05) is 11.1 Å². The van der Waals surface area contributed by atoms with E-state index in [-0.39, 0.29) is 23.4 Å². The molecule has 3 heteroatoms. The third-order valence-corrected chi connectivity index (χ3v) is 8.30. The fourth-order valence-electron chi connectivity index (χ4n) is 6.23. The van der Waals surface area contributed by atoms with Crippen molar-refractivity contribution in [2.75, 3.05) is 7.11 Å². The van der Waals surface area contributed by atoms with Gasteiger partial charge < -0.3 is 9.84 Å². The first-order valence-corrected chi connectivity index (χ1v) is 15.4. The van der Waals surface area contributed by atoms with Crippen LogP contribution in [0.2, 0.25) is 0 Å². The minimum atomic E-state index is -0.293. The number of benzene rings is 2. The molecule has 3 nitrogen and oxygen atoms in total. The van der Waals surface area contributed by atoms with Crippen LogP contribution in [0.3, 0.4) is 0 Å². The lowest BCUT2D eigenvalue weighted by atomic mass is 9.81. The largest absolute Gasteiger partial charge is 0.504 e. The third kappa shape index (κ3) is 8.22. The number of carbonyl (C=O) groups is 1. The molecule has 0 fully saturated rings. The van der Waals surface area contributed by atoms with Crippen molar-refractivity contribution >= 4 is 11.9 Å². The standard InChI is InChI=1S/C36H54O3/c1-10-15-24(5)28-21-29(34(26(7)17-12-3)33(23-28)39-9)22-32(37)36(38)31-20-14-19-30(25(6)16-11-2)35(31)27(8)18-13-4/h14,19-27,37H,10-13,15-18H2,1-9H3. The number of methoxy groups -OCH3 is 1. The average molecular weight is 535 g/mol. The number of Topliss-reactive ketones (excluding diaryl/α,β-unsaturated/α-hetero) is 1. The van der Waals surface area contributed by atoms with Crippen molar-refractivity contribution in [3.05, 3.63) is 69.5 Å². The van der Waals surface area contributed by atoms with Gasteiger partial charge in [-0.3, -0.25) is 4.79 Å². The highest BCUT2D eigenvalue weighted by atomic mass is 16.5. The summed E-state index contributed by atoms with van der Waals surface area (Å²) in [5.74, 6) is 1.57. The van der Waals surface area contributed by atoms with E-state index in [0.29, 0.717) is 17.4 Å². The SMILES string of the molecule is CCCC(C)c1cc(C=C(O)C(=O)c2cccc(C(C)CCC)c2C(C)CCC)c(C(C)CCC)c(OC)c1. The van der Waals surface area contributed by atoms with E-state index in [4.69, 9.17) is 4.74 Å². The second-order valence-corrected chi connectivity index (χ2v) is 11.7. The summed E-state index contributed by atoms with van der Waals surface area (Å²) >= 11 is 0. The zero-order valence-electron chi connectivity index (χ0n) is 26.2. The van der Waals surface area contributed by atoms with E-state index in [0.717, 1.165) is 73.8 Å². The zero-order chi connectivity index (χ0) is 29.1. The summed E-state index contributed by atoms with van der Waals surface area (Å²) in [4.78, 5) is 13.9. The van der Waals surface area contributed by atoms with Gasteiger partial charge in [-0.2, -0.15) is 0 Å². The summed E-state index contributed by atoms with van der Waals surface area (Å²) in [6.07, 6.45) is 10.2. The van der Waals surface area contributed by atoms with E-state index in [1.54, 1.807) is 13.2 Å². The van der Waals surface area contributed by atoms with Crippen molar-refractivity contribution in [3.8, 4) is 5.75 Å². The Bertz CT molecular complexity index is 1100. The molecule has 0 amide bonds. The number of hydrogen-bond donors (Lipinski definition) is 1. The van der Waals surface area contributed by atoms with E-state index in [1.165, 1.54) is 11.1 Å². The number of rotatable bonds is 16. The average Bonchev–Trinajstić information content (AvgIpc) is 2.92. The topological polar surface area (TPSA) is 46.5 Å². The Kier molecular flexibility index (Phi) is 13.3. The van der Waals surface area contributed by atoms with Gasteiger partial charge in [-0.25, -0.2) is 0 Å². The summed E-state index contributed by atoms with van der Waals surface area (Å²) in [6, 6.07) is 10.4. The number of ketones is 1. The van der Waals surface area contributed by atoms with E-state index >= 15 is 0 Å². The Morgan fingerprint density at radius 2 is 1.33 bits per heavy atom. The molecule has 1 N–H and O–H groups in total. The van der Waals surface area contributed by atoms with Crippen LogP contribution in [0.25, 0.3) is 6.08 Å². The molecule has 0 aliphatic heterocycles. The van der Waals surface area contributed by atoms with Gasteiger partial charge in [-0.1, -0.05) is 105 Å². The smallest absolute Gasteiger partial charge is 0.227 e. The van der Waals surface area contributed by atoms with Gasteiger partial charge in [-0.05, 0) is 83.8 Å². The maximum atomic E-state index is 13.9. The van der Waals surface area contributed by atoms with Crippen molar-refractivity contribution in [2.45, 2.75) is 130 Å². The Morgan fingerprint density at radius 3 is 1.90 bits per heavy atom. The maximum Gasteiger partial charge on any atom is 0.227 e. The first kappa shape index (κ1) is 32.7. The minimum Gasteiger partial charge on any atom is -0.504 e. The van der Waals surface area contributed by atoms with E-state index < -0.39 is 0 Å². The number of carbonyl (C=O) groups excluding carboxylic acids is 1. The lowest BCUT2D eigenvalue weighted by Gasteiger charge is -2.24. The van der Waals surface area contributed by atoms with Gasteiger partial charge in [0.2, 0.25) is 5.78 Å². The zero-order valence-corrected chi connectivity index (χ0v) is 26.2. The Morgan fingerprint density at radius 1 is 0.795 bits per heavy atom. The van der Waals surface area contributed by atoms with Crippen LogP contribution in [0.15, 0.2) is 36.1 Å². The second kappa shape index (κ2) is 15.9. The Labute approximate surface area is 239 Å². The van der Waals surface area contributed by atoms with Gasteiger partial charge in [0.1, 0.15) is 5.75 Å². The maximum absolute atomic E-state index is 13.9. The van der Waals surface area contributed by atoms with Gasteiger partial charge in [0.25, 0.3) is 0 Å². The van der Waals surface area contributed by atoms with Gasteiger partial charge in [0.05, 0.1) is 7.11 Å². The molecule has 4 unspecified atom stereocenters. The predicted molar refractivity (Wildman–Crippen MR) is 168 cm³/mol. The molecule has 0 aliphatic carbocycles. The van der Waals surface area contributed by atoms with Crippen LogP contribution in [0, 0.1) is 0 Å². The van der Waals surface area contributed by atoms with Crippen molar-refractivity contribution < 1.29 is 14.6 Å². The molecule has 2 rings (SSSR count). The molecule has 0 bridgehead atoms. The molecule has 2 aromatic carbocycles. The number of ether oxygens (including phenoxy) is 1. The van der Waals surface area contributed by atoms with E-state index in [9.17, 15) is 9.90 Å². The highest BCUT2D eigenvalue weighted by molar-refractivity contribution is 6.10. The van der Waals surface area contributed by atoms with Gasteiger partial charge in [0.15, 0.2) is 5.76 Å². The summed E-state index contributed by atoms with van der Waals surface area (Å²) < 4.78 is 5.90. The van der Waals surface area contributed by atoms with Gasteiger partial charge >= 0.3 is 0 Å².